The highest BCUT2D eigenvalue weighted by Gasteiger charge is 2.29. The standard InChI is InChI=1S/C15H22N4O4S/c1-11(20)18-14-4-2-12(3-5-14)10-17-15(21)13-6-8-19(9-7-13)24(16,22)23/h2-5,13H,6-10H2,1H3,(H,17,21)(H,18,20)(H2,16,22,23). The Morgan fingerprint density at radius 3 is 2.29 bits per heavy atom. The van der Waals surface area contributed by atoms with Gasteiger partial charge in [0.05, 0.1) is 0 Å². The molecule has 1 fully saturated rings. The first-order chi connectivity index (χ1) is 11.3. The number of nitrogens with one attached hydrogen (secondary N) is 2. The van der Waals surface area contributed by atoms with Crippen molar-refractivity contribution in [3.63, 3.8) is 0 Å². The van der Waals surface area contributed by atoms with Gasteiger partial charge in [-0.25, -0.2) is 5.14 Å². The van der Waals surface area contributed by atoms with Gasteiger partial charge in [-0.2, -0.15) is 12.7 Å². The van der Waals surface area contributed by atoms with Crippen molar-refractivity contribution in [3.05, 3.63) is 29.8 Å². The third-order valence-electron chi connectivity index (χ3n) is 3.93. The van der Waals surface area contributed by atoms with Gasteiger partial charge in [0.15, 0.2) is 0 Å². The highest BCUT2D eigenvalue weighted by atomic mass is 32.2. The highest BCUT2D eigenvalue weighted by Crippen LogP contribution is 2.19. The number of benzene rings is 1. The first kappa shape index (κ1) is 18.4. The zero-order valence-electron chi connectivity index (χ0n) is 13.5. The molecule has 0 radical (unpaired) electrons. The minimum atomic E-state index is -3.67. The predicted octanol–water partition coefficient (Wildman–Crippen LogP) is 0.177. The highest BCUT2D eigenvalue weighted by molar-refractivity contribution is 7.86. The van der Waals surface area contributed by atoms with Crippen LogP contribution in [0.1, 0.15) is 25.3 Å². The summed E-state index contributed by atoms with van der Waals surface area (Å²) in [7, 11) is -3.67. The Balaban J connectivity index is 1.80. The first-order valence-electron chi connectivity index (χ1n) is 7.68. The van der Waals surface area contributed by atoms with Crippen molar-refractivity contribution < 1.29 is 18.0 Å². The number of carbonyl (C=O) groups is 2. The molecular formula is C15H22N4O4S. The van der Waals surface area contributed by atoms with E-state index in [1.807, 2.05) is 12.1 Å². The minimum absolute atomic E-state index is 0.0880. The van der Waals surface area contributed by atoms with Crippen LogP contribution in [0.4, 0.5) is 5.69 Å². The van der Waals surface area contributed by atoms with Crippen LogP contribution in [0.15, 0.2) is 24.3 Å². The van der Waals surface area contributed by atoms with E-state index in [1.54, 1.807) is 12.1 Å². The van der Waals surface area contributed by atoms with E-state index in [9.17, 15) is 18.0 Å². The largest absolute Gasteiger partial charge is 0.352 e. The summed E-state index contributed by atoms with van der Waals surface area (Å²) in [6, 6.07) is 7.20. The van der Waals surface area contributed by atoms with Gasteiger partial charge in [-0.1, -0.05) is 12.1 Å². The molecule has 1 aliphatic rings. The fraction of sp³-hybridized carbons (Fsp3) is 0.467. The van der Waals surface area contributed by atoms with Crippen LogP contribution >= 0.6 is 0 Å². The maximum atomic E-state index is 12.2. The van der Waals surface area contributed by atoms with Crippen molar-refractivity contribution in [2.45, 2.75) is 26.3 Å². The Kier molecular flexibility index (Phi) is 5.92. The molecule has 0 unspecified atom stereocenters. The van der Waals surface area contributed by atoms with Crippen LogP contribution < -0.4 is 15.8 Å². The SMILES string of the molecule is CC(=O)Nc1ccc(CNC(=O)C2CCN(S(N)(=O)=O)CC2)cc1. The van der Waals surface area contributed by atoms with Crippen LogP contribution in [0, 0.1) is 5.92 Å². The fourth-order valence-electron chi connectivity index (χ4n) is 2.62. The van der Waals surface area contributed by atoms with Gasteiger partial charge < -0.3 is 10.6 Å². The molecule has 0 saturated carbocycles. The molecule has 132 valence electrons. The average molecular weight is 354 g/mol. The summed E-state index contributed by atoms with van der Waals surface area (Å²) in [5, 5.41) is 10.6. The van der Waals surface area contributed by atoms with E-state index in [2.05, 4.69) is 10.6 Å². The normalized spacial score (nSPS) is 16.6. The van der Waals surface area contributed by atoms with Crippen LogP contribution in [0.2, 0.25) is 0 Å². The number of hydrogen-bond donors (Lipinski definition) is 3. The molecule has 1 aromatic carbocycles. The van der Waals surface area contributed by atoms with Crippen molar-refractivity contribution in [2.24, 2.45) is 11.1 Å². The minimum Gasteiger partial charge on any atom is -0.352 e. The van der Waals surface area contributed by atoms with Crippen molar-refractivity contribution in [3.8, 4) is 0 Å². The molecule has 0 bridgehead atoms. The molecule has 2 rings (SSSR count). The summed E-state index contributed by atoms with van der Waals surface area (Å²) in [4.78, 5) is 23.1. The maximum Gasteiger partial charge on any atom is 0.276 e. The lowest BCUT2D eigenvalue weighted by Gasteiger charge is -2.29. The maximum absolute atomic E-state index is 12.2. The van der Waals surface area contributed by atoms with E-state index < -0.39 is 10.2 Å². The zero-order valence-corrected chi connectivity index (χ0v) is 14.3. The van der Waals surface area contributed by atoms with Gasteiger partial charge in [0.1, 0.15) is 0 Å². The van der Waals surface area contributed by atoms with Crippen LogP contribution in [0.25, 0.3) is 0 Å². The van der Waals surface area contributed by atoms with Gasteiger partial charge in [0.25, 0.3) is 10.2 Å². The van der Waals surface area contributed by atoms with Crippen LogP contribution in [0.5, 0.6) is 0 Å². The van der Waals surface area contributed by atoms with Crippen LogP contribution in [-0.4, -0.2) is 37.6 Å². The van der Waals surface area contributed by atoms with Gasteiger partial charge in [-0.05, 0) is 30.5 Å². The van der Waals surface area contributed by atoms with Crippen LogP contribution in [0.3, 0.4) is 0 Å². The Labute approximate surface area is 141 Å². The lowest BCUT2D eigenvalue weighted by atomic mass is 9.97. The molecule has 1 aliphatic heterocycles. The number of amides is 2. The summed E-state index contributed by atoms with van der Waals surface area (Å²) in [6.07, 6.45) is 0.924. The monoisotopic (exact) mass is 354 g/mol. The molecule has 24 heavy (non-hydrogen) atoms. The van der Waals surface area contributed by atoms with E-state index in [0.29, 0.717) is 25.1 Å². The number of rotatable bonds is 5. The summed E-state index contributed by atoms with van der Waals surface area (Å²) >= 11 is 0. The Hall–Kier alpha value is -1.97. The van der Waals surface area contributed by atoms with E-state index in [0.717, 1.165) is 5.56 Å². The second-order valence-corrected chi connectivity index (χ2v) is 7.36. The molecule has 8 nitrogen and oxygen atoms in total. The fourth-order valence-corrected chi connectivity index (χ4v) is 3.33. The molecule has 4 N–H and O–H groups in total. The van der Waals surface area contributed by atoms with E-state index >= 15 is 0 Å². The number of anilines is 1. The molecular weight excluding hydrogens is 332 g/mol. The predicted molar refractivity (Wildman–Crippen MR) is 90.0 cm³/mol. The summed E-state index contributed by atoms with van der Waals surface area (Å²) in [6.45, 7) is 2.36. The molecule has 0 atom stereocenters. The third-order valence-corrected chi connectivity index (χ3v) is 5.01. The number of nitrogens with zero attached hydrogens (tertiary/aromatic N) is 1. The molecule has 0 spiro atoms. The number of nitrogens with two attached hydrogens (primary N) is 1. The van der Waals surface area contributed by atoms with Crippen LogP contribution in [-0.2, 0) is 26.3 Å². The van der Waals surface area contributed by atoms with Gasteiger partial charge >= 0.3 is 0 Å². The third kappa shape index (κ3) is 5.29. The van der Waals surface area contributed by atoms with Crippen molar-refractivity contribution >= 4 is 27.7 Å². The number of piperidine rings is 1. The van der Waals surface area contributed by atoms with E-state index in [-0.39, 0.29) is 30.8 Å². The summed E-state index contributed by atoms with van der Waals surface area (Å²) < 4.78 is 23.7. The number of hydrogen-bond acceptors (Lipinski definition) is 4. The Bertz CT molecular complexity index is 695. The quantitative estimate of drug-likeness (QED) is 0.698. The average Bonchev–Trinajstić information content (AvgIpc) is 2.52. The molecule has 0 aromatic heterocycles. The molecule has 1 aromatic rings. The zero-order chi connectivity index (χ0) is 17.7. The van der Waals surface area contributed by atoms with Crippen molar-refractivity contribution in [2.75, 3.05) is 18.4 Å². The lowest BCUT2D eigenvalue weighted by Crippen LogP contribution is -2.45. The molecule has 0 aliphatic carbocycles. The first-order valence-corrected chi connectivity index (χ1v) is 9.18. The summed E-state index contributed by atoms with van der Waals surface area (Å²) in [5.74, 6) is -0.432. The van der Waals surface area contributed by atoms with E-state index in [1.165, 1.54) is 11.2 Å². The van der Waals surface area contributed by atoms with Crippen molar-refractivity contribution in [1.82, 2.24) is 9.62 Å². The van der Waals surface area contributed by atoms with Gasteiger partial charge in [-0.15, -0.1) is 0 Å². The number of carbonyl (C=O) groups excluding carboxylic acids is 2. The second kappa shape index (κ2) is 7.73. The molecule has 1 saturated heterocycles. The Morgan fingerprint density at radius 1 is 1.21 bits per heavy atom. The van der Waals surface area contributed by atoms with Gasteiger partial charge in [0.2, 0.25) is 11.8 Å². The second-order valence-electron chi connectivity index (χ2n) is 5.81. The molecule has 9 heteroatoms. The van der Waals surface area contributed by atoms with Gasteiger partial charge in [-0.3, -0.25) is 9.59 Å². The Morgan fingerprint density at radius 2 is 1.79 bits per heavy atom. The van der Waals surface area contributed by atoms with Gasteiger partial charge in [0, 0.05) is 38.2 Å². The smallest absolute Gasteiger partial charge is 0.276 e. The topological polar surface area (TPSA) is 122 Å². The lowest BCUT2D eigenvalue weighted by molar-refractivity contribution is -0.126. The molecule has 1 heterocycles. The summed E-state index contributed by atoms with van der Waals surface area (Å²) in [5.41, 5.74) is 1.62. The van der Waals surface area contributed by atoms with E-state index in [4.69, 9.17) is 5.14 Å². The van der Waals surface area contributed by atoms with Crippen molar-refractivity contribution in [1.29, 1.82) is 0 Å². The molecule has 2 amide bonds.